The highest BCUT2D eigenvalue weighted by molar-refractivity contribution is 5.93. The molecule has 2 N–H and O–H groups in total. The van der Waals surface area contributed by atoms with Crippen molar-refractivity contribution >= 4 is 29.2 Å². The van der Waals surface area contributed by atoms with Gasteiger partial charge in [0.05, 0.1) is 12.1 Å². The largest absolute Gasteiger partial charge is 0.455 e. The number of halogens is 3. The molecular weight excluding hydrogens is 365 g/mol. The predicted octanol–water partition coefficient (Wildman–Crippen LogP) is 2.79. The van der Waals surface area contributed by atoms with Gasteiger partial charge in [-0.05, 0) is 29.8 Å². The molecule has 142 valence electrons. The first-order valence-corrected chi connectivity index (χ1v) is 7.71. The van der Waals surface area contributed by atoms with E-state index in [2.05, 4.69) is 5.32 Å². The van der Waals surface area contributed by atoms with Gasteiger partial charge in [0.1, 0.15) is 0 Å². The van der Waals surface area contributed by atoms with Crippen molar-refractivity contribution in [2.75, 3.05) is 17.2 Å². The summed E-state index contributed by atoms with van der Waals surface area (Å²) in [5, 5.41) is 4.56. The van der Waals surface area contributed by atoms with Crippen LogP contribution in [0.3, 0.4) is 0 Å². The van der Waals surface area contributed by atoms with Crippen molar-refractivity contribution in [3.8, 4) is 0 Å². The summed E-state index contributed by atoms with van der Waals surface area (Å²) in [5.74, 6) is -6.51. The SMILES string of the molecule is CC(=O)Nc1ccc(CC(=O)OCC(=O)Nc2ccc(F)c(F)c2F)cc1. The molecule has 0 radical (unpaired) electrons. The Bertz CT molecular complexity index is 870. The van der Waals surface area contributed by atoms with Gasteiger partial charge < -0.3 is 15.4 Å². The lowest BCUT2D eigenvalue weighted by molar-refractivity contribution is -0.146. The Morgan fingerprint density at radius 2 is 1.59 bits per heavy atom. The van der Waals surface area contributed by atoms with E-state index >= 15 is 0 Å². The van der Waals surface area contributed by atoms with Gasteiger partial charge in [-0.1, -0.05) is 12.1 Å². The molecule has 27 heavy (non-hydrogen) atoms. The first-order chi connectivity index (χ1) is 12.8. The lowest BCUT2D eigenvalue weighted by atomic mass is 10.1. The number of ether oxygens (including phenoxy) is 1. The monoisotopic (exact) mass is 380 g/mol. The molecule has 0 bridgehead atoms. The summed E-state index contributed by atoms with van der Waals surface area (Å²) in [4.78, 5) is 34.3. The van der Waals surface area contributed by atoms with Gasteiger partial charge in [0, 0.05) is 12.6 Å². The van der Waals surface area contributed by atoms with Crippen molar-refractivity contribution in [1.82, 2.24) is 0 Å². The van der Waals surface area contributed by atoms with Gasteiger partial charge in [-0.15, -0.1) is 0 Å². The fraction of sp³-hybridized carbons (Fsp3) is 0.167. The molecule has 0 heterocycles. The number of carbonyl (C=O) groups excluding carboxylic acids is 3. The molecular formula is C18H15F3N2O4. The van der Waals surface area contributed by atoms with Crippen LogP contribution in [0.1, 0.15) is 12.5 Å². The molecule has 0 aromatic heterocycles. The second kappa shape index (κ2) is 8.84. The van der Waals surface area contributed by atoms with Gasteiger partial charge in [-0.25, -0.2) is 13.2 Å². The highest BCUT2D eigenvalue weighted by atomic mass is 19.2. The molecule has 0 aliphatic rings. The maximum absolute atomic E-state index is 13.5. The van der Waals surface area contributed by atoms with E-state index in [-0.39, 0.29) is 12.3 Å². The quantitative estimate of drug-likeness (QED) is 0.596. The second-order valence-corrected chi connectivity index (χ2v) is 5.49. The van der Waals surface area contributed by atoms with E-state index in [1.165, 1.54) is 6.92 Å². The number of benzene rings is 2. The molecule has 0 aliphatic carbocycles. The van der Waals surface area contributed by atoms with Crippen molar-refractivity contribution in [3.05, 3.63) is 59.4 Å². The minimum absolute atomic E-state index is 0.132. The Morgan fingerprint density at radius 1 is 0.926 bits per heavy atom. The van der Waals surface area contributed by atoms with Gasteiger partial charge in [0.25, 0.3) is 5.91 Å². The van der Waals surface area contributed by atoms with Crippen molar-refractivity contribution in [2.24, 2.45) is 0 Å². The van der Waals surface area contributed by atoms with E-state index in [1.54, 1.807) is 24.3 Å². The number of rotatable bonds is 6. The Morgan fingerprint density at radius 3 is 2.22 bits per heavy atom. The van der Waals surface area contributed by atoms with Gasteiger partial charge in [-0.2, -0.15) is 0 Å². The van der Waals surface area contributed by atoms with Crippen LogP contribution in [0.15, 0.2) is 36.4 Å². The lowest BCUT2D eigenvalue weighted by Crippen LogP contribution is -2.22. The van der Waals surface area contributed by atoms with E-state index in [0.29, 0.717) is 17.3 Å². The Labute approximate surface area is 152 Å². The fourth-order valence-corrected chi connectivity index (χ4v) is 2.08. The first kappa shape index (κ1) is 20.0. The fourth-order valence-electron chi connectivity index (χ4n) is 2.08. The summed E-state index contributed by atoms with van der Waals surface area (Å²) in [6.45, 7) is 0.643. The Hall–Kier alpha value is -3.36. The molecule has 0 aliphatic heterocycles. The second-order valence-electron chi connectivity index (χ2n) is 5.49. The third-order valence-electron chi connectivity index (χ3n) is 3.30. The zero-order valence-corrected chi connectivity index (χ0v) is 14.1. The van der Waals surface area contributed by atoms with Crippen LogP contribution in [-0.2, 0) is 25.5 Å². The number of esters is 1. The molecule has 0 saturated heterocycles. The molecule has 0 saturated carbocycles. The van der Waals surface area contributed by atoms with Crippen LogP contribution in [0.2, 0.25) is 0 Å². The zero-order chi connectivity index (χ0) is 20.0. The van der Waals surface area contributed by atoms with Crippen molar-refractivity contribution in [1.29, 1.82) is 0 Å². The van der Waals surface area contributed by atoms with Crippen LogP contribution in [-0.4, -0.2) is 24.4 Å². The van der Waals surface area contributed by atoms with Gasteiger partial charge in [0.2, 0.25) is 5.91 Å². The maximum Gasteiger partial charge on any atom is 0.310 e. The van der Waals surface area contributed by atoms with Crippen LogP contribution in [0, 0.1) is 17.5 Å². The minimum atomic E-state index is -1.72. The minimum Gasteiger partial charge on any atom is -0.455 e. The number of anilines is 2. The summed E-state index contributed by atoms with van der Waals surface area (Å²) < 4.78 is 44.1. The summed E-state index contributed by atoms with van der Waals surface area (Å²) in [6, 6.07) is 7.91. The third kappa shape index (κ3) is 5.84. The normalized spacial score (nSPS) is 10.2. The number of amides is 2. The molecule has 6 nitrogen and oxygen atoms in total. The Kier molecular flexibility index (Phi) is 6.53. The molecule has 9 heteroatoms. The lowest BCUT2D eigenvalue weighted by Gasteiger charge is -2.08. The van der Waals surface area contributed by atoms with E-state index in [4.69, 9.17) is 4.74 Å². The van der Waals surface area contributed by atoms with Crippen molar-refractivity contribution < 1.29 is 32.3 Å². The smallest absolute Gasteiger partial charge is 0.310 e. The van der Waals surface area contributed by atoms with E-state index in [1.807, 2.05) is 5.32 Å². The van der Waals surface area contributed by atoms with Gasteiger partial charge >= 0.3 is 5.97 Å². The van der Waals surface area contributed by atoms with Crippen LogP contribution < -0.4 is 10.6 Å². The standard InChI is InChI=1S/C18H15F3N2O4/c1-10(24)22-12-4-2-11(3-5-12)8-16(26)27-9-15(25)23-14-7-6-13(19)17(20)18(14)21/h2-7H,8-9H2,1H3,(H,22,24)(H,23,25). The molecule has 0 fully saturated rings. The molecule has 0 atom stereocenters. The van der Waals surface area contributed by atoms with E-state index in [0.717, 1.165) is 6.07 Å². The summed E-state index contributed by atoms with van der Waals surface area (Å²) >= 11 is 0. The average Bonchev–Trinajstić information content (AvgIpc) is 2.62. The van der Waals surface area contributed by atoms with Gasteiger partial charge in [0.15, 0.2) is 24.1 Å². The van der Waals surface area contributed by atoms with Crippen molar-refractivity contribution in [2.45, 2.75) is 13.3 Å². The topological polar surface area (TPSA) is 84.5 Å². The molecule has 0 spiro atoms. The molecule has 2 amide bonds. The average molecular weight is 380 g/mol. The highest BCUT2D eigenvalue weighted by Crippen LogP contribution is 2.19. The van der Waals surface area contributed by atoms with Crippen molar-refractivity contribution in [3.63, 3.8) is 0 Å². The van der Waals surface area contributed by atoms with Crippen LogP contribution in [0.5, 0.6) is 0 Å². The number of hydrogen-bond donors (Lipinski definition) is 2. The molecule has 2 rings (SSSR count). The van der Waals surface area contributed by atoms with Crippen LogP contribution in [0.25, 0.3) is 0 Å². The highest BCUT2D eigenvalue weighted by Gasteiger charge is 2.16. The zero-order valence-electron chi connectivity index (χ0n) is 14.1. The summed E-state index contributed by atoms with van der Waals surface area (Å²) in [6.07, 6.45) is -0.132. The number of carbonyl (C=O) groups is 3. The molecule has 0 unspecified atom stereocenters. The van der Waals surface area contributed by atoms with E-state index in [9.17, 15) is 27.6 Å². The molecule has 2 aromatic rings. The summed E-state index contributed by atoms with van der Waals surface area (Å²) in [5.41, 5.74) is 0.581. The van der Waals surface area contributed by atoms with Crippen LogP contribution >= 0.6 is 0 Å². The maximum atomic E-state index is 13.5. The summed E-state index contributed by atoms with van der Waals surface area (Å²) in [7, 11) is 0. The number of nitrogens with one attached hydrogen (secondary N) is 2. The van der Waals surface area contributed by atoms with E-state index < -0.39 is 41.6 Å². The number of hydrogen-bond acceptors (Lipinski definition) is 4. The Balaban J connectivity index is 1.84. The first-order valence-electron chi connectivity index (χ1n) is 7.71. The third-order valence-corrected chi connectivity index (χ3v) is 3.30. The molecule has 2 aromatic carbocycles. The van der Waals surface area contributed by atoms with Crippen LogP contribution in [0.4, 0.5) is 24.5 Å². The predicted molar refractivity (Wildman–Crippen MR) is 90.4 cm³/mol. The van der Waals surface area contributed by atoms with Gasteiger partial charge in [-0.3, -0.25) is 14.4 Å².